The van der Waals surface area contributed by atoms with E-state index in [2.05, 4.69) is 17.1 Å². The SMILES string of the molecule is COc1ccc(C2=NCC(c3ccccc3)O2)cc1OC. The van der Waals surface area contributed by atoms with Gasteiger partial charge in [0.25, 0.3) is 0 Å². The van der Waals surface area contributed by atoms with Crippen molar-refractivity contribution in [2.24, 2.45) is 4.99 Å². The van der Waals surface area contributed by atoms with Gasteiger partial charge in [-0.25, -0.2) is 4.99 Å². The molecule has 0 aliphatic carbocycles. The largest absolute Gasteiger partial charge is 0.493 e. The van der Waals surface area contributed by atoms with Crippen LogP contribution >= 0.6 is 0 Å². The molecule has 0 spiro atoms. The molecule has 1 heterocycles. The molecule has 2 aromatic rings. The van der Waals surface area contributed by atoms with Crippen LogP contribution in [0.3, 0.4) is 0 Å². The minimum Gasteiger partial charge on any atom is -0.493 e. The molecule has 0 amide bonds. The Kier molecular flexibility index (Phi) is 3.77. The Morgan fingerprint density at radius 2 is 1.76 bits per heavy atom. The quantitative estimate of drug-likeness (QED) is 0.865. The fraction of sp³-hybridized carbons (Fsp3) is 0.235. The third-order valence-corrected chi connectivity index (χ3v) is 3.46. The van der Waals surface area contributed by atoms with Crippen molar-refractivity contribution in [1.82, 2.24) is 0 Å². The summed E-state index contributed by atoms with van der Waals surface area (Å²) in [6.07, 6.45) is -0.0192. The normalized spacial score (nSPS) is 17.0. The van der Waals surface area contributed by atoms with Crippen LogP contribution in [0.4, 0.5) is 0 Å². The predicted octanol–water partition coefficient (Wildman–Crippen LogP) is 3.22. The van der Waals surface area contributed by atoms with Gasteiger partial charge in [-0.1, -0.05) is 30.3 Å². The van der Waals surface area contributed by atoms with Gasteiger partial charge in [0.2, 0.25) is 5.90 Å². The number of methoxy groups -OCH3 is 2. The molecule has 2 aromatic carbocycles. The summed E-state index contributed by atoms with van der Waals surface area (Å²) in [4.78, 5) is 4.49. The lowest BCUT2D eigenvalue weighted by molar-refractivity contribution is 0.230. The number of ether oxygens (including phenoxy) is 3. The van der Waals surface area contributed by atoms with E-state index in [9.17, 15) is 0 Å². The first-order valence-electron chi connectivity index (χ1n) is 6.80. The maximum Gasteiger partial charge on any atom is 0.217 e. The highest BCUT2D eigenvalue weighted by Crippen LogP contribution is 2.31. The summed E-state index contributed by atoms with van der Waals surface area (Å²) in [6.45, 7) is 0.633. The molecular weight excluding hydrogens is 266 g/mol. The molecule has 0 N–H and O–H groups in total. The van der Waals surface area contributed by atoms with Gasteiger partial charge in [0.05, 0.1) is 20.8 Å². The molecule has 0 saturated carbocycles. The topological polar surface area (TPSA) is 40.0 Å². The van der Waals surface area contributed by atoms with Crippen LogP contribution in [0.2, 0.25) is 0 Å². The van der Waals surface area contributed by atoms with E-state index in [1.807, 2.05) is 36.4 Å². The lowest BCUT2D eigenvalue weighted by Crippen LogP contribution is -2.06. The van der Waals surface area contributed by atoms with Gasteiger partial charge in [-0.2, -0.15) is 0 Å². The molecular formula is C17H17NO3. The van der Waals surface area contributed by atoms with Gasteiger partial charge in [-0.3, -0.25) is 0 Å². The zero-order valence-corrected chi connectivity index (χ0v) is 12.1. The molecule has 0 radical (unpaired) electrons. The van der Waals surface area contributed by atoms with E-state index in [0.717, 1.165) is 11.1 Å². The lowest BCUT2D eigenvalue weighted by Gasteiger charge is -2.13. The molecule has 108 valence electrons. The van der Waals surface area contributed by atoms with E-state index >= 15 is 0 Å². The molecule has 4 nitrogen and oxygen atoms in total. The van der Waals surface area contributed by atoms with Crippen molar-refractivity contribution in [2.75, 3.05) is 20.8 Å². The van der Waals surface area contributed by atoms with Crippen molar-refractivity contribution >= 4 is 5.90 Å². The van der Waals surface area contributed by atoms with E-state index in [0.29, 0.717) is 23.9 Å². The van der Waals surface area contributed by atoms with Gasteiger partial charge in [-0.05, 0) is 23.8 Å². The number of hydrogen-bond acceptors (Lipinski definition) is 4. The Morgan fingerprint density at radius 1 is 1.00 bits per heavy atom. The molecule has 1 aliphatic heterocycles. The van der Waals surface area contributed by atoms with Crippen molar-refractivity contribution in [1.29, 1.82) is 0 Å². The third kappa shape index (κ3) is 2.70. The molecule has 1 aliphatic rings. The van der Waals surface area contributed by atoms with Gasteiger partial charge in [0.1, 0.15) is 6.10 Å². The fourth-order valence-corrected chi connectivity index (χ4v) is 2.34. The smallest absolute Gasteiger partial charge is 0.217 e. The second-order valence-corrected chi connectivity index (χ2v) is 4.73. The lowest BCUT2D eigenvalue weighted by atomic mass is 10.1. The number of benzene rings is 2. The van der Waals surface area contributed by atoms with Crippen LogP contribution in [0.15, 0.2) is 53.5 Å². The van der Waals surface area contributed by atoms with Crippen molar-refractivity contribution in [3.05, 3.63) is 59.7 Å². The maximum atomic E-state index is 5.96. The fourth-order valence-electron chi connectivity index (χ4n) is 2.34. The van der Waals surface area contributed by atoms with Crippen LogP contribution in [-0.4, -0.2) is 26.7 Å². The molecule has 0 fully saturated rings. The molecule has 0 saturated heterocycles. The number of aliphatic imine (C=N–C) groups is 1. The molecule has 1 unspecified atom stereocenters. The van der Waals surface area contributed by atoms with Crippen LogP contribution < -0.4 is 9.47 Å². The standard InChI is InChI=1S/C17H17NO3/c1-19-14-9-8-13(10-15(14)20-2)17-18-11-16(21-17)12-6-4-3-5-7-12/h3-10,16H,11H2,1-2H3. The summed E-state index contributed by atoms with van der Waals surface area (Å²) >= 11 is 0. The summed E-state index contributed by atoms with van der Waals surface area (Å²) < 4.78 is 16.5. The predicted molar refractivity (Wildman–Crippen MR) is 81.2 cm³/mol. The summed E-state index contributed by atoms with van der Waals surface area (Å²) in [7, 11) is 3.23. The molecule has 0 bridgehead atoms. The van der Waals surface area contributed by atoms with Gasteiger partial charge >= 0.3 is 0 Å². The first-order chi connectivity index (χ1) is 10.3. The van der Waals surface area contributed by atoms with E-state index in [1.165, 1.54) is 0 Å². The molecule has 1 atom stereocenters. The van der Waals surface area contributed by atoms with Crippen LogP contribution in [0.5, 0.6) is 11.5 Å². The summed E-state index contributed by atoms with van der Waals surface area (Å²) in [5.41, 5.74) is 2.03. The van der Waals surface area contributed by atoms with Crippen LogP contribution in [0.1, 0.15) is 17.2 Å². The van der Waals surface area contributed by atoms with Gasteiger partial charge in [0, 0.05) is 5.56 Å². The second-order valence-electron chi connectivity index (χ2n) is 4.73. The maximum absolute atomic E-state index is 5.96. The zero-order valence-electron chi connectivity index (χ0n) is 12.1. The minimum atomic E-state index is -0.0192. The highest BCUT2D eigenvalue weighted by atomic mass is 16.5. The van der Waals surface area contributed by atoms with Crippen LogP contribution in [-0.2, 0) is 4.74 Å². The van der Waals surface area contributed by atoms with Crippen LogP contribution in [0, 0.1) is 0 Å². The monoisotopic (exact) mass is 283 g/mol. The Bertz CT molecular complexity index is 652. The van der Waals surface area contributed by atoms with E-state index in [4.69, 9.17) is 14.2 Å². The van der Waals surface area contributed by atoms with Crippen molar-refractivity contribution in [3.8, 4) is 11.5 Å². The molecule has 0 aromatic heterocycles. The summed E-state index contributed by atoms with van der Waals surface area (Å²) in [5.74, 6) is 2.01. The average Bonchev–Trinajstić information content (AvgIpc) is 3.05. The Hall–Kier alpha value is -2.49. The number of hydrogen-bond donors (Lipinski definition) is 0. The number of nitrogens with zero attached hydrogens (tertiary/aromatic N) is 1. The van der Waals surface area contributed by atoms with Crippen molar-refractivity contribution in [2.45, 2.75) is 6.10 Å². The van der Waals surface area contributed by atoms with E-state index in [-0.39, 0.29) is 6.10 Å². The summed E-state index contributed by atoms with van der Waals surface area (Å²) in [5, 5.41) is 0. The van der Waals surface area contributed by atoms with Crippen molar-refractivity contribution < 1.29 is 14.2 Å². The number of rotatable bonds is 4. The highest BCUT2D eigenvalue weighted by Gasteiger charge is 2.23. The van der Waals surface area contributed by atoms with Crippen LogP contribution in [0.25, 0.3) is 0 Å². The third-order valence-electron chi connectivity index (χ3n) is 3.46. The van der Waals surface area contributed by atoms with Crippen molar-refractivity contribution in [3.63, 3.8) is 0 Å². The molecule has 21 heavy (non-hydrogen) atoms. The van der Waals surface area contributed by atoms with E-state index in [1.54, 1.807) is 14.2 Å². The molecule has 4 heteroatoms. The Morgan fingerprint density at radius 3 is 2.48 bits per heavy atom. The second kappa shape index (κ2) is 5.87. The average molecular weight is 283 g/mol. The highest BCUT2D eigenvalue weighted by molar-refractivity contribution is 5.95. The first kappa shape index (κ1) is 13.5. The minimum absolute atomic E-state index is 0.0192. The van der Waals surface area contributed by atoms with Gasteiger partial charge < -0.3 is 14.2 Å². The van der Waals surface area contributed by atoms with E-state index < -0.39 is 0 Å². The van der Waals surface area contributed by atoms with Gasteiger partial charge in [-0.15, -0.1) is 0 Å². The first-order valence-corrected chi connectivity index (χ1v) is 6.80. The summed E-state index contributed by atoms with van der Waals surface area (Å²) in [6, 6.07) is 15.8. The molecule has 3 rings (SSSR count). The zero-order chi connectivity index (χ0) is 14.7. The Labute approximate surface area is 124 Å². The van der Waals surface area contributed by atoms with Gasteiger partial charge in [0.15, 0.2) is 11.5 Å². The Balaban J connectivity index is 1.80.